The second-order valence-corrected chi connectivity index (χ2v) is 8.05. The Morgan fingerprint density at radius 3 is 2.96 bits per heavy atom. The van der Waals surface area contributed by atoms with Crippen LogP contribution in [0.2, 0.25) is 0 Å². The van der Waals surface area contributed by atoms with Crippen molar-refractivity contribution in [2.45, 2.75) is 45.3 Å². The van der Waals surface area contributed by atoms with Crippen molar-refractivity contribution in [1.82, 2.24) is 15.2 Å². The van der Waals surface area contributed by atoms with Gasteiger partial charge in [0.25, 0.3) is 0 Å². The van der Waals surface area contributed by atoms with Gasteiger partial charge < -0.3 is 15.0 Å². The highest BCUT2D eigenvalue weighted by atomic mass is 127. The Balaban J connectivity index is 0.00000280. The minimum atomic E-state index is 0. The number of ether oxygens (including phenoxy) is 1. The molecule has 2 aromatic rings. The lowest BCUT2D eigenvalue weighted by Crippen LogP contribution is -2.39. The molecule has 0 fully saturated rings. The molecule has 1 N–H and O–H groups in total. The number of aryl methyl sites for hydroxylation is 2. The first kappa shape index (κ1) is 23.1. The Kier molecular flexibility index (Phi) is 9.67. The summed E-state index contributed by atoms with van der Waals surface area (Å²) in [5.74, 6) is 0.892. The van der Waals surface area contributed by atoms with Crippen LogP contribution >= 0.6 is 35.3 Å². The fourth-order valence-electron chi connectivity index (χ4n) is 3.56. The fourth-order valence-corrected chi connectivity index (χ4v) is 4.17. The normalized spacial score (nSPS) is 16.2. The van der Waals surface area contributed by atoms with Crippen LogP contribution in [0.1, 0.15) is 47.2 Å². The van der Waals surface area contributed by atoms with Gasteiger partial charge in [0.05, 0.1) is 23.4 Å². The van der Waals surface area contributed by atoms with Gasteiger partial charge in [0, 0.05) is 32.6 Å². The molecular weight excluding hydrogens is 483 g/mol. The summed E-state index contributed by atoms with van der Waals surface area (Å²) in [7, 11) is 3.86. The maximum Gasteiger partial charge on any atom is 0.193 e. The highest BCUT2D eigenvalue weighted by Gasteiger charge is 2.19. The Hall–Kier alpha value is -1.19. The predicted octanol–water partition coefficient (Wildman–Crippen LogP) is 4.56. The van der Waals surface area contributed by atoms with Crippen LogP contribution in [-0.4, -0.2) is 43.1 Å². The van der Waals surface area contributed by atoms with Gasteiger partial charge in [0.15, 0.2) is 5.96 Å². The molecule has 5 nitrogen and oxygen atoms in total. The smallest absolute Gasteiger partial charge is 0.193 e. The predicted molar refractivity (Wildman–Crippen MR) is 128 cm³/mol. The molecule has 0 amide bonds. The van der Waals surface area contributed by atoms with Crippen LogP contribution in [0.4, 0.5) is 0 Å². The van der Waals surface area contributed by atoms with E-state index >= 15 is 0 Å². The van der Waals surface area contributed by atoms with Crippen LogP contribution in [-0.2, 0) is 17.7 Å². The number of nitrogens with one attached hydrogen (secondary N) is 1. The molecule has 0 saturated carbocycles. The molecule has 0 saturated heterocycles. The summed E-state index contributed by atoms with van der Waals surface area (Å²) in [5.41, 5.74) is 3.92. The number of aromatic nitrogens is 1. The Bertz CT molecular complexity index is 764. The number of thiazole rings is 1. The Labute approximate surface area is 189 Å². The van der Waals surface area contributed by atoms with Crippen LogP contribution in [0, 0.1) is 6.92 Å². The van der Waals surface area contributed by atoms with E-state index in [0.29, 0.717) is 0 Å². The first-order valence-electron chi connectivity index (χ1n) is 9.69. The van der Waals surface area contributed by atoms with Crippen molar-refractivity contribution in [3.63, 3.8) is 0 Å². The van der Waals surface area contributed by atoms with Gasteiger partial charge in [-0.05, 0) is 43.7 Å². The zero-order valence-electron chi connectivity index (χ0n) is 17.0. The minimum Gasteiger partial charge on any atom is -0.373 e. The third-order valence-electron chi connectivity index (χ3n) is 4.88. The van der Waals surface area contributed by atoms with Gasteiger partial charge >= 0.3 is 0 Å². The molecule has 1 aliphatic rings. The Morgan fingerprint density at radius 2 is 2.21 bits per heavy atom. The SMILES string of the molecule is CN=C(NCCCOC1CCCc2ccccc21)N(C)Cc1csc(C)n1.I. The molecule has 0 aliphatic heterocycles. The molecule has 0 bridgehead atoms. The van der Waals surface area contributed by atoms with Crippen molar-refractivity contribution in [2.24, 2.45) is 4.99 Å². The fraction of sp³-hybridized carbons (Fsp3) is 0.524. The number of hydrogen-bond acceptors (Lipinski definition) is 4. The molecule has 1 aliphatic carbocycles. The molecule has 1 heterocycles. The van der Waals surface area contributed by atoms with Crippen molar-refractivity contribution >= 4 is 41.3 Å². The standard InChI is InChI=1S/C21H30N4OS.HI/c1-16-24-18(15-27-16)14-25(3)21(22-2)23-12-7-13-26-20-11-6-9-17-8-4-5-10-19(17)20;/h4-5,8,10,15,20H,6-7,9,11-14H2,1-3H3,(H,22,23);1H. The summed E-state index contributed by atoms with van der Waals surface area (Å²) >= 11 is 1.68. The van der Waals surface area contributed by atoms with Gasteiger partial charge in [-0.2, -0.15) is 0 Å². The van der Waals surface area contributed by atoms with Crippen molar-refractivity contribution < 1.29 is 4.74 Å². The van der Waals surface area contributed by atoms with E-state index in [1.165, 1.54) is 24.0 Å². The van der Waals surface area contributed by atoms with E-state index in [0.717, 1.165) is 49.2 Å². The van der Waals surface area contributed by atoms with E-state index in [1.807, 2.05) is 21.0 Å². The van der Waals surface area contributed by atoms with E-state index in [2.05, 4.69) is 49.8 Å². The largest absolute Gasteiger partial charge is 0.373 e. The third-order valence-corrected chi connectivity index (χ3v) is 5.70. The molecule has 3 rings (SSSR count). The maximum absolute atomic E-state index is 6.18. The number of nitrogens with zero attached hydrogens (tertiary/aromatic N) is 3. The molecule has 1 unspecified atom stereocenters. The summed E-state index contributed by atoms with van der Waals surface area (Å²) in [6, 6.07) is 8.69. The van der Waals surface area contributed by atoms with Crippen LogP contribution in [0.5, 0.6) is 0 Å². The third kappa shape index (κ3) is 6.42. The first-order valence-corrected chi connectivity index (χ1v) is 10.6. The van der Waals surface area contributed by atoms with Crippen LogP contribution in [0.25, 0.3) is 0 Å². The highest BCUT2D eigenvalue weighted by molar-refractivity contribution is 14.0. The molecule has 0 radical (unpaired) electrons. The Morgan fingerprint density at radius 1 is 1.39 bits per heavy atom. The zero-order valence-corrected chi connectivity index (χ0v) is 20.1. The summed E-state index contributed by atoms with van der Waals surface area (Å²) in [5, 5.41) is 6.63. The number of fused-ring (bicyclic) bond motifs is 1. The van der Waals surface area contributed by atoms with Gasteiger partial charge in [-0.25, -0.2) is 4.98 Å². The molecule has 7 heteroatoms. The van der Waals surface area contributed by atoms with Gasteiger partial charge in [-0.15, -0.1) is 35.3 Å². The minimum absolute atomic E-state index is 0. The van der Waals surface area contributed by atoms with Crippen molar-refractivity contribution in [3.8, 4) is 0 Å². The molecule has 28 heavy (non-hydrogen) atoms. The lowest BCUT2D eigenvalue weighted by molar-refractivity contribution is 0.0397. The van der Waals surface area contributed by atoms with E-state index < -0.39 is 0 Å². The number of benzene rings is 1. The number of halogens is 1. The second-order valence-electron chi connectivity index (χ2n) is 6.99. The number of rotatable bonds is 7. The quantitative estimate of drug-likeness (QED) is 0.255. The van der Waals surface area contributed by atoms with Crippen molar-refractivity contribution in [1.29, 1.82) is 0 Å². The summed E-state index contributed by atoms with van der Waals surface area (Å²) in [6.07, 6.45) is 4.74. The summed E-state index contributed by atoms with van der Waals surface area (Å²) in [4.78, 5) is 11.0. The van der Waals surface area contributed by atoms with Crippen molar-refractivity contribution in [3.05, 3.63) is 51.5 Å². The van der Waals surface area contributed by atoms with Gasteiger partial charge in [-0.3, -0.25) is 4.99 Å². The summed E-state index contributed by atoms with van der Waals surface area (Å²) in [6.45, 7) is 4.41. The highest BCUT2D eigenvalue weighted by Crippen LogP contribution is 2.32. The zero-order chi connectivity index (χ0) is 19.1. The van der Waals surface area contributed by atoms with E-state index in [-0.39, 0.29) is 30.1 Å². The maximum atomic E-state index is 6.18. The number of aliphatic imine (C=N–C) groups is 1. The van der Waals surface area contributed by atoms with E-state index in [4.69, 9.17) is 4.74 Å². The van der Waals surface area contributed by atoms with Crippen molar-refractivity contribution in [2.75, 3.05) is 27.2 Å². The average molecular weight is 514 g/mol. The van der Waals surface area contributed by atoms with Crippen LogP contribution < -0.4 is 5.32 Å². The topological polar surface area (TPSA) is 49.8 Å². The monoisotopic (exact) mass is 514 g/mol. The summed E-state index contributed by atoms with van der Waals surface area (Å²) < 4.78 is 6.18. The number of guanidine groups is 1. The lowest BCUT2D eigenvalue weighted by Gasteiger charge is -2.26. The molecular formula is C21H31IN4OS. The van der Waals surface area contributed by atoms with E-state index in [1.54, 1.807) is 11.3 Å². The molecule has 1 atom stereocenters. The van der Waals surface area contributed by atoms with E-state index in [9.17, 15) is 0 Å². The number of hydrogen-bond donors (Lipinski definition) is 1. The molecule has 1 aromatic heterocycles. The van der Waals surface area contributed by atoms with Crippen LogP contribution in [0.15, 0.2) is 34.6 Å². The molecule has 154 valence electrons. The molecule has 0 spiro atoms. The van der Waals surface area contributed by atoms with Gasteiger partial charge in [0.1, 0.15) is 0 Å². The average Bonchev–Trinajstić information content (AvgIpc) is 3.09. The second kappa shape index (κ2) is 11.7. The molecule has 1 aromatic carbocycles. The van der Waals surface area contributed by atoms with Crippen LogP contribution in [0.3, 0.4) is 0 Å². The van der Waals surface area contributed by atoms with Gasteiger partial charge in [0.2, 0.25) is 0 Å². The lowest BCUT2D eigenvalue weighted by atomic mass is 9.89. The first-order chi connectivity index (χ1) is 13.2. The van der Waals surface area contributed by atoms with Gasteiger partial charge in [-0.1, -0.05) is 24.3 Å².